The zero-order valence-corrected chi connectivity index (χ0v) is 11.8. The lowest BCUT2D eigenvalue weighted by molar-refractivity contribution is 0.381. The third-order valence-corrected chi connectivity index (χ3v) is 4.04. The molecule has 1 heterocycles. The first kappa shape index (κ1) is 13.2. The maximum Gasteiger partial charge on any atom is 0.0410 e. The molecule has 104 valence electrons. The monoisotopic (exact) mass is 266 g/mol. The molecule has 2 nitrogen and oxygen atoms in total. The Morgan fingerprint density at radius 3 is 1.80 bits per heavy atom. The van der Waals surface area contributed by atoms with Gasteiger partial charge in [0.2, 0.25) is 0 Å². The molecule has 0 saturated carbocycles. The van der Waals surface area contributed by atoms with Crippen LogP contribution in [0.4, 0.5) is 11.4 Å². The van der Waals surface area contributed by atoms with E-state index < -0.39 is 0 Å². The Morgan fingerprint density at radius 2 is 1.30 bits per heavy atom. The van der Waals surface area contributed by atoms with Gasteiger partial charge in [-0.3, -0.25) is 0 Å². The predicted octanol–water partition coefficient (Wildman–Crippen LogP) is 3.82. The van der Waals surface area contributed by atoms with Gasteiger partial charge in [0, 0.05) is 17.9 Å². The summed E-state index contributed by atoms with van der Waals surface area (Å²) in [6.45, 7) is 3.42. The van der Waals surface area contributed by atoms with Crippen LogP contribution in [-0.4, -0.2) is 19.6 Å². The van der Waals surface area contributed by atoms with Crippen molar-refractivity contribution in [2.45, 2.75) is 12.8 Å². The van der Waals surface area contributed by atoms with Gasteiger partial charge in [0.15, 0.2) is 0 Å². The Morgan fingerprint density at radius 1 is 0.800 bits per heavy atom. The molecule has 1 aliphatic heterocycles. The van der Waals surface area contributed by atoms with Crippen molar-refractivity contribution < 1.29 is 0 Å². The van der Waals surface area contributed by atoms with Gasteiger partial charge in [0.25, 0.3) is 0 Å². The molecule has 1 fully saturated rings. The zero-order chi connectivity index (χ0) is 13.6. The number of nitrogens with one attached hydrogen (secondary N) is 1. The second-order valence-corrected chi connectivity index (χ2v) is 5.48. The Balaban J connectivity index is 1.83. The van der Waals surface area contributed by atoms with E-state index in [2.05, 4.69) is 70.9 Å². The lowest BCUT2D eigenvalue weighted by Crippen LogP contribution is -2.34. The van der Waals surface area contributed by atoms with E-state index in [1.165, 1.54) is 24.2 Å². The zero-order valence-electron chi connectivity index (χ0n) is 11.8. The van der Waals surface area contributed by atoms with E-state index in [-0.39, 0.29) is 0 Å². The molecule has 20 heavy (non-hydrogen) atoms. The minimum Gasteiger partial charge on any atom is -0.341 e. The van der Waals surface area contributed by atoms with Crippen LogP contribution in [0.5, 0.6) is 0 Å². The Labute approximate surface area is 121 Å². The minimum atomic E-state index is 0.775. The molecule has 2 heteroatoms. The van der Waals surface area contributed by atoms with Crippen LogP contribution in [0, 0.1) is 5.92 Å². The van der Waals surface area contributed by atoms with Gasteiger partial charge in [-0.1, -0.05) is 36.4 Å². The lowest BCUT2D eigenvalue weighted by Gasteiger charge is -2.31. The standard InChI is InChI=1S/C18H22N2/c1-3-7-17(8-4-1)20(18-9-5-2-6-10-18)15-16-11-13-19-14-12-16/h1-10,16,19H,11-15H2. The Hall–Kier alpha value is -1.80. The summed E-state index contributed by atoms with van der Waals surface area (Å²) >= 11 is 0. The van der Waals surface area contributed by atoms with Gasteiger partial charge in [-0.2, -0.15) is 0 Å². The van der Waals surface area contributed by atoms with Crippen molar-refractivity contribution in [3.8, 4) is 0 Å². The fourth-order valence-electron chi connectivity index (χ4n) is 2.90. The Bertz CT molecular complexity index is 464. The minimum absolute atomic E-state index is 0.775. The number of hydrogen-bond donors (Lipinski definition) is 1. The number of rotatable bonds is 4. The van der Waals surface area contributed by atoms with Gasteiger partial charge in [0.1, 0.15) is 0 Å². The third-order valence-electron chi connectivity index (χ3n) is 4.04. The summed E-state index contributed by atoms with van der Waals surface area (Å²) in [6, 6.07) is 21.4. The second kappa shape index (κ2) is 6.58. The number of para-hydroxylation sites is 2. The third kappa shape index (κ3) is 3.20. The van der Waals surface area contributed by atoms with E-state index >= 15 is 0 Å². The molecule has 1 saturated heterocycles. The highest BCUT2D eigenvalue weighted by Gasteiger charge is 2.18. The van der Waals surface area contributed by atoms with E-state index in [1.54, 1.807) is 0 Å². The quantitative estimate of drug-likeness (QED) is 0.905. The molecular weight excluding hydrogens is 244 g/mol. The summed E-state index contributed by atoms with van der Waals surface area (Å²) < 4.78 is 0. The normalized spacial score (nSPS) is 16.0. The average molecular weight is 266 g/mol. The molecule has 0 unspecified atom stereocenters. The summed E-state index contributed by atoms with van der Waals surface area (Å²) in [7, 11) is 0. The molecule has 0 aromatic heterocycles. The van der Waals surface area contributed by atoms with Gasteiger partial charge in [-0.25, -0.2) is 0 Å². The van der Waals surface area contributed by atoms with Crippen molar-refractivity contribution in [1.29, 1.82) is 0 Å². The molecule has 0 radical (unpaired) electrons. The van der Waals surface area contributed by atoms with Crippen molar-refractivity contribution in [3.63, 3.8) is 0 Å². The molecule has 1 N–H and O–H groups in total. The fraction of sp³-hybridized carbons (Fsp3) is 0.333. The van der Waals surface area contributed by atoms with Crippen LogP contribution in [0.25, 0.3) is 0 Å². The highest BCUT2D eigenvalue weighted by molar-refractivity contribution is 5.62. The van der Waals surface area contributed by atoms with Gasteiger partial charge in [-0.05, 0) is 56.1 Å². The van der Waals surface area contributed by atoms with Gasteiger partial charge >= 0.3 is 0 Å². The van der Waals surface area contributed by atoms with Crippen LogP contribution in [0.3, 0.4) is 0 Å². The fourth-order valence-corrected chi connectivity index (χ4v) is 2.90. The molecule has 1 aliphatic rings. The van der Waals surface area contributed by atoms with Gasteiger partial charge < -0.3 is 10.2 Å². The average Bonchev–Trinajstić information content (AvgIpc) is 2.55. The largest absolute Gasteiger partial charge is 0.341 e. The molecule has 0 amide bonds. The second-order valence-electron chi connectivity index (χ2n) is 5.48. The lowest BCUT2D eigenvalue weighted by atomic mass is 9.97. The summed E-state index contributed by atoms with van der Waals surface area (Å²) in [5.41, 5.74) is 2.58. The topological polar surface area (TPSA) is 15.3 Å². The first-order chi connectivity index (χ1) is 9.93. The molecule has 0 bridgehead atoms. The summed E-state index contributed by atoms with van der Waals surface area (Å²) in [4.78, 5) is 2.45. The van der Waals surface area contributed by atoms with E-state index in [0.29, 0.717) is 0 Å². The molecule has 2 aromatic rings. The smallest absolute Gasteiger partial charge is 0.0410 e. The molecule has 0 atom stereocenters. The summed E-state index contributed by atoms with van der Waals surface area (Å²) in [5, 5.41) is 3.45. The van der Waals surface area contributed by atoms with Gasteiger partial charge in [-0.15, -0.1) is 0 Å². The molecule has 3 rings (SSSR count). The van der Waals surface area contributed by atoms with E-state index in [4.69, 9.17) is 0 Å². The highest BCUT2D eigenvalue weighted by Crippen LogP contribution is 2.27. The predicted molar refractivity (Wildman–Crippen MR) is 85.5 cm³/mol. The van der Waals surface area contributed by atoms with Crippen molar-refractivity contribution in [1.82, 2.24) is 5.32 Å². The van der Waals surface area contributed by atoms with Crippen LogP contribution in [0.2, 0.25) is 0 Å². The highest BCUT2D eigenvalue weighted by atomic mass is 15.1. The van der Waals surface area contributed by atoms with Crippen molar-refractivity contribution >= 4 is 11.4 Å². The van der Waals surface area contributed by atoms with Crippen molar-refractivity contribution in [3.05, 3.63) is 60.7 Å². The van der Waals surface area contributed by atoms with Crippen LogP contribution in [0.1, 0.15) is 12.8 Å². The number of nitrogens with zero attached hydrogens (tertiary/aromatic N) is 1. The molecule has 0 aliphatic carbocycles. The Kier molecular flexibility index (Phi) is 4.34. The number of benzene rings is 2. The van der Waals surface area contributed by atoms with Crippen LogP contribution >= 0.6 is 0 Å². The number of piperidine rings is 1. The molecule has 0 spiro atoms. The van der Waals surface area contributed by atoms with Crippen molar-refractivity contribution in [2.75, 3.05) is 24.5 Å². The SMILES string of the molecule is c1ccc(N(CC2CCNCC2)c2ccccc2)cc1. The maximum atomic E-state index is 3.45. The maximum absolute atomic E-state index is 3.45. The number of anilines is 2. The van der Waals surface area contributed by atoms with E-state index in [0.717, 1.165) is 25.6 Å². The van der Waals surface area contributed by atoms with Crippen molar-refractivity contribution in [2.24, 2.45) is 5.92 Å². The van der Waals surface area contributed by atoms with Gasteiger partial charge in [0.05, 0.1) is 0 Å². The van der Waals surface area contributed by atoms with E-state index in [9.17, 15) is 0 Å². The molecule has 2 aromatic carbocycles. The van der Waals surface area contributed by atoms with E-state index in [1.807, 2.05) is 0 Å². The summed E-state index contributed by atoms with van der Waals surface area (Å²) in [5.74, 6) is 0.775. The summed E-state index contributed by atoms with van der Waals surface area (Å²) in [6.07, 6.45) is 2.55. The van der Waals surface area contributed by atoms with Crippen LogP contribution in [0.15, 0.2) is 60.7 Å². The number of hydrogen-bond acceptors (Lipinski definition) is 2. The first-order valence-corrected chi connectivity index (χ1v) is 7.52. The van der Waals surface area contributed by atoms with Crippen LogP contribution < -0.4 is 10.2 Å². The van der Waals surface area contributed by atoms with Crippen LogP contribution in [-0.2, 0) is 0 Å². The first-order valence-electron chi connectivity index (χ1n) is 7.52. The molecular formula is C18H22N2.